The van der Waals surface area contributed by atoms with E-state index < -0.39 is 22.4 Å². The van der Waals surface area contributed by atoms with E-state index in [1.807, 2.05) is 13.8 Å². The summed E-state index contributed by atoms with van der Waals surface area (Å²) in [5, 5.41) is 13.1. The van der Waals surface area contributed by atoms with E-state index in [9.17, 15) is 23.3 Å². The van der Waals surface area contributed by atoms with Gasteiger partial charge in [-0.15, -0.1) is 0 Å². The molecule has 100 valence electrons. The number of hydrogen-bond acceptors (Lipinski definition) is 3. The fourth-order valence-corrected chi connectivity index (χ4v) is 1.35. The van der Waals surface area contributed by atoms with Gasteiger partial charge in [0.1, 0.15) is 0 Å². The first kappa shape index (κ1) is 14.3. The van der Waals surface area contributed by atoms with Crippen LogP contribution in [0.25, 0.3) is 0 Å². The van der Waals surface area contributed by atoms with Crippen LogP contribution in [0.5, 0.6) is 0 Å². The molecular weight excluding hydrogens is 249 g/mol. The number of benzene rings is 1. The number of nitrogens with zero attached hydrogens (tertiary/aromatic N) is 1. The number of nitro groups is 1. The Morgan fingerprint density at radius 3 is 2.44 bits per heavy atom. The third-order valence-corrected chi connectivity index (χ3v) is 2.22. The van der Waals surface area contributed by atoms with Crippen molar-refractivity contribution in [2.24, 2.45) is 5.92 Å². The van der Waals surface area contributed by atoms with E-state index in [2.05, 4.69) is 5.32 Å². The summed E-state index contributed by atoms with van der Waals surface area (Å²) >= 11 is 0. The van der Waals surface area contributed by atoms with Gasteiger partial charge >= 0.3 is 6.18 Å². The van der Waals surface area contributed by atoms with Crippen LogP contribution in [0.15, 0.2) is 18.2 Å². The van der Waals surface area contributed by atoms with Crippen molar-refractivity contribution in [1.29, 1.82) is 0 Å². The van der Waals surface area contributed by atoms with Crippen molar-refractivity contribution in [3.63, 3.8) is 0 Å². The lowest BCUT2D eigenvalue weighted by Gasteiger charge is -2.15. The number of non-ortho nitro benzene ring substituents is 1. The monoisotopic (exact) mass is 262 g/mol. The quantitative estimate of drug-likeness (QED) is 0.665. The first-order chi connectivity index (χ1) is 8.21. The summed E-state index contributed by atoms with van der Waals surface area (Å²) in [4.78, 5) is 9.63. The maximum Gasteiger partial charge on any atom is 0.418 e. The minimum absolute atomic E-state index is 0.137. The maximum absolute atomic E-state index is 12.8. The minimum Gasteiger partial charge on any atom is -0.384 e. The smallest absolute Gasteiger partial charge is 0.384 e. The third kappa shape index (κ3) is 3.61. The summed E-state index contributed by atoms with van der Waals surface area (Å²) in [6, 6.07) is 2.68. The average molecular weight is 262 g/mol. The molecular formula is C11H13F3N2O2. The molecule has 1 aromatic rings. The van der Waals surface area contributed by atoms with E-state index in [0.29, 0.717) is 12.6 Å². The number of nitrogens with one attached hydrogen (secondary N) is 1. The predicted octanol–water partition coefficient (Wildman–Crippen LogP) is 3.68. The number of alkyl halides is 3. The topological polar surface area (TPSA) is 55.2 Å². The van der Waals surface area contributed by atoms with Gasteiger partial charge in [0.05, 0.1) is 10.5 Å². The van der Waals surface area contributed by atoms with E-state index in [4.69, 9.17) is 0 Å². The molecule has 0 radical (unpaired) electrons. The molecule has 1 rings (SSSR count). The molecule has 4 nitrogen and oxygen atoms in total. The molecule has 0 saturated heterocycles. The molecule has 0 saturated carbocycles. The van der Waals surface area contributed by atoms with Crippen molar-refractivity contribution in [2.45, 2.75) is 20.0 Å². The molecule has 0 heterocycles. The van der Waals surface area contributed by atoms with Crippen LogP contribution in [0.3, 0.4) is 0 Å². The molecule has 0 amide bonds. The van der Waals surface area contributed by atoms with Gasteiger partial charge in [-0.2, -0.15) is 13.2 Å². The Balaban J connectivity index is 3.13. The molecule has 0 aromatic heterocycles. The van der Waals surface area contributed by atoms with Crippen LogP contribution in [-0.4, -0.2) is 11.5 Å². The number of nitro benzene ring substituents is 1. The third-order valence-electron chi connectivity index (χ3n) is 2.22. The Morgan fingerprint density at radius 1 is 1.39 bits per heavy atom. The lowest BCUT2D eigenvalue weighted by Crippen LogP contribution is -2.14. The SMILES string of the molecule is CC(C)CNc1ccc([N+](=O)[O-])cc1C(F)(F)F. The fraction of sp³-hybridized carbons (Fsp3) is 0.455. The molecule has 0 fully saturated rings. The minimum atomic E-state index is -4.62. The van der Waals surface area contributed by atoms with E-state index in [1.165, 1.54) is 0 Å². The zero-order valence-electron chi connectivity index (χ0n) is 9.91. The number of anilines is 1. The first-order valence-corrected chi connectivity index (χ1v) is 5.31. The van der Waals surface area contributed by atoms with Crippen LogP contribution < -0.4 is 5.32 Å². The van der Waals surface area contributed by atoms with Crippen LogP contribution >= 0.6 is 0 Å². The van der Waals surface area contributed by atoms with Gasteiger partial charge in [0, 0.05) is 24.4 Å². The van der Waals surface area contributed by atoms with Crippen LogP contribution in [0.2, 0.25) is 0 Å². The summed E-state index contributed by atoms with van der Waals surface area (Å²) in [5.41, 5.74) is -1.73. The van der Waals surface area contributed by atoms with Crippen molar-refractivity contribution in [3.05, 3.63) is 33.9 Å². The maximum atomic E-state index is 12.8. The number of hydrogen-bond donors (Lipinski definition) is 1. The Bertz CT molecular complexity index is 444. The molecule has 0 bridgehead atoms. The summed E-state index contributed by atoms with van der Waals surface area (Å²) in [6.45, 7) is 4.07. The van der Waals surface area contributed by atoms with Crippen molar-refractivity contribution in [1.82, 2.24) is 0 Å². The largest absolute Gasteiger partial charge is 0.418 e. The highest BCUT2D eigenvalue weighted by Gasteiger charge is 2.35. The van der Waals surface area contributed by atoms with Gasteiger partial charge < -0.3 is 5.32 Å². The molecule has 1 N–H and O–H groups in total. The summed E-state index contributed by atoms with van der Waals surface area (Å²) in [5.74, 6) is 0.168. The molecule has 1 aromatic carbocycles. The highest BCUT2D eigenvalue weighted by atomic mass is 19.4. The molecule has 0 aliphatic carbocycles. The zero-order chi connectivity index (χ0) is 13.9. The summed E-state index contributed by atoms with van der Waals surface area (Å²) < 4.78 is 38.3. The zero-order valence-corrected chi connectivity index (χ0v) is 9.91. The number of rotatable bonds is 4. The first-order valence-electron chi connectivity index (χ1n) is 5.31. The molecule has 18 heavy (non-hydrogen) atoms. The molecule has 0 spiro atoms. The van der Waals surface area contributed by atoms with Crippen molar-refractivity contribution >= 4 is 11.4 Å². The lowest BCUT2D eigenvalue weighted by molar-refractivity contribution is -0.385. The van der Waals surface area contributed by atoms with Crippen molar-refractivity contribution in [2.75, 3.05) is 11.9 Å². The van der Waals surface area contributed by atoms with Crippen molar-refractivity contribution < 1.29 is 18.1 Å². The second-order valence-corrected chi connectivity index (χ2v) is 4.26. The molecule has 0 atom stereocenters. The van der Waals surface area contributed by atoms with Gasteiger partial charge in [-0.05, 0) is 12.0 Å². The van der Waals surface area contributed by atoms with Crippen LogP contribution in [0.4, 0.5) is 24.5 Å². The standard InChI is InChI=1S/C11H13F3N2O2/c1-7(2)6-15-10-4-3-8(16(17)18)5-9(10)11(12,13)14/h3-5,7,15H,6H2,1-2H3. The highest BCUT2D eigenvalue weighted by molar-refractivity contribution is 5.57. The Kier molecular flexibility index (Phi) is 4.15. The predicted molar refractivity (Wildman–Crippen MR) is 61.4 cm³/mol. The highest BCUT2D eigenvalue weighted by Crippen LogP contribution is 2.37. The average Bonchev–Trinajstić information content (AvgIpc) is 2.24. The lowest BCUT2D eigenvalue weighted by atomic mass is 10.1. The van der Waals surface area contributed by atoms with Crippen LogP contribution in [-0.2, 0) is 6.18 Å². The summed E-state index contributed by atoms with van der Waals surface area (Å²) in [6.07, 6.45) is -4.62. The molecule has 0 aliphatic rings. The second kappa shape index (κ2) is 5.24. The van der Waals surface area contributed by atoms with Gasteiger partial charge in [0.15, 0.2) is 0 Å². The van der Waals surface area contributed by atoms with Gasteiger partial charge in [-0.3, -0.25) is 10.1 Å². The van der Waals surface area contributed by atoms with E-state index in [-0.39, 0.29) is 11.6 Å². The van der Waals surface area contributed by atoms with Gasteiger partial charge in [0.25, 0.3) is 5.69 Å². The number of halogens is 3. The molecule has 0 unspecified atom stereocenters. The van der Waals surface area contributed by atoms with E-state index >= 15 is 0 Å². The molecule has 0 aliphatic heterocycles. The fourth-order valence-electron chi connectivity index (χ4n) is 1.35. The van der Waals surface area contributed by atoms with Gasteiger partial charge in [0.2, 0.25) is 0 Å². The Morgan fingerprint density at radius 2 is 2.00 bits per heavy atom. The van der Waals surface area contributed by atoms with E-state index in [0.717, 1.165) is 12.1 Å². The second-order valence-electron chi connectivity index (χ2n) is 4.26. The normalized spacial score (nSPS) is 11.7. The van der Waals surface area contributed by atoms with Gasteiger partial charge in [-0.1, -0.05) is 13.8 Å². The Hall–Kier alpha value is -1.79. The van der Waals surface area contributed by atoms with Crippen LogP contribution in [0, 0.1) is 16.0 Å². The van der Waals surface area contributed by atoms with Crippen LogP contribution in [0.1, 0.15) is 19.4 Å². The van der Waals surface area contributed by atoms with Gasteiger partial charge in [-0.25, -0.2) is 0 Å². The molecule has 7 heteroatoms. The van der Waals surface area contributed by atoms with Crippen molar-refractivity contribution in [3.8, 4) is 0 Å². The Labute approximate surface area is 102 Å². The summed E-state index contributed by atoms with van der Waals surface area (Å²) in [7, 11) is 0. The van der Waals surface area contributed by atoms with E-state index in [1.54, 1.807) is 0 Å².